The van der Waals surface area contributed by atoms with E-state index in [0.29, 0.717) is 19.2 Å². The van der Waals surface area contributed by atoms with Gasteiger partial charge in [0.1, 0.15) is 6.54 Å². The van der Waals surface area contributed by atoms with Crippen LogP contribution in [0.4, 0.5) is 0 Å². The van der Waals surface area contributed by atoms with E-state index in [9.17, 15) is 9.59 Å². The average molecular weight is 377 g/mol. The van der Waals surface area contributed by atoms with Gasteiger partial charge < -0.3 is 15.0 Å². The van der Waals surface area contributed by atoms with Gasteiger partial charge >= 0.3 is 5.97 Å². The molecule has 1 unspecified atom stereocenters. The summed E-state index contributed by atoms with van der Waals surface area (Å²) in [4.78, 5) is 28.5. The molecule has 0 saturated carbocycles. The number of esters is 1. The summed E-state index contributed by atoms with van der Waals surface area (Å²) in [6, 6.07) is 0.295. The van der Waals surface area contributed by atoms with Crippen molar-refractivity contribution in [3.63, 3.8) is 0 Å². The fourth-order valence-corrected chi connectivity index (χ4v) is 4.11. The molecule has 3 heterocycles. The molecular weight excluding hydrogens is 346 g/mol. The summed E-state index contributed by atoms with van der Waals surface area (Å²) >= 11 is 0. The third kappa shape index (κ3) is 4.68. The molecule has 1 aromatic heterocycles. The SMILES string of the molecule is CCOC(=O)Cn1nc(C)c(CN2CCCC(N3CCNCC3=O)C2)c1C. The van der Waals surface area contributed by atoms with Crippen molar-refractivity contribution in [3.05, 3.63) is 17.0 Å². The maximum atomic E-state index is 12.2. The Hall–Kier alpha value is -1.93. The predicted octanol–water partition coefficient (Wildman–Crippen LogP) is 0.459. The second-order valence-electron chi connectivity index (χ2n) is 7.41. The fraction of sp³-hybridized carbons (Fsp3) is 0.737. The molecule has 0 bridgehead atoms. The first-order valence-electron chi connectivity index (χ1n) is 9.90. The Balaban J connectivity index is 1.65. The number of hydrogen-bond acceptors (Lipinski definition) is 6. The van der Waals surface area contributed by atoms with Crippen molar-refractivity contribution in [3.8, 4) is 0 Å². The van der Waals surface area contributed by atoms with Crippen LogP contribution in [-0.4, -0.2) is 76.8 Å². The lowest BCUT2D eigenvalue weighted by Gasteiger charge is -2.41. The lowest BCUT2D eigenvalue weighted by molar-refractivity contribution is -0.144. The quantitative estimate of drug-likeness (QED) is 0.726. The summed E-state index contributed by atoms with van der Waals surface area (Å²) in [5.41, 5.74) is 3.14. The van der Waals surface area contributed by atoms with Crippen LogP contribution in [0.3, 0.4) is 0 Å². The lowest BCUT2D eigenvalue weighted by atomic mass is 10.0. The van der Waals surface area contributed by atoms with Crippen LogP contribution in [0.25, 0.3) is 0 Å². The van der Waals surface area contributed by atoms with Crippen LogP contribution in [0.5, 0.6) is 0 Å². The van der Waals surface area contributed by atoms with Crippen molar-refractivity contribution in [2.24, 2.45) is 0 Å². The van der Waals surface area contributed by atoms with Crippen molar-refractivity contribution in [2.45, 2.75) is 52.7 Å². The maximum Gasteiger partial charge on any atom is 0.327 e. The Kier molecular flexibility index (Phi) is 6.49. The van der Waals surface area contributed by atoms with Crippen molar-refractivity contribution in [1.29, 1.82) is 0 Å². The highest BCUT2D eigenvalue weighted by atomic mass is 16.5. The molecule has 1 aromatic rings. The molecule has 8 nitrogen and oxygen atoms in total. The monoisotopic (exact) mass is 377 g/mol. The zero-order valence-electron chi connectivity index (χ0n) is 16.7. The number of aromatic nitrogens is 2. The van der Waals surface area contributed by atoms with Gasteiger partial charge in [-0.25, -0.2) is 0 Å². The summed E-state index contributed by atoms with van der Waals surface area (Å²) in [5, 5.41) is 7.68. The standard InChI is InChI=1S/C19H31N5O3/c1-4-27-19(26)13-24-15(3)17(14(2)21-24)12-22-8-5-6-16(11-22)23-9-7-20-10-18(23)25/h16,20H,4-13H2,1-3H3. The minimum atomic E-state index is -0.259. The molecule has 150 valence electrons. The smallest absolute Gasteiger partial charge is 0.327 e. The van der Waals surface area contributed by atoms with E-state index in [1.165, 1.54) is 5.56 Å². The summed E-state index contributed by atoms with van der Waals surface area (Å²) in [6.07, 6.45) is 2.17. The molecule has 0 radical (unpaired) electrons. The number of amides is 1. The second-order valence-corrected chi connectivity index (χ2v) is 7.41. The number of carbonyl (C=O) groups excluding carboxylic acids is 2. The molecule has 3 rings (SSSR count). The van der Waals surface area contributed by atoms with Gasteiger partial charge in [0, 0.05) is 43.5 Å². The highest BCUT2D eigenvalue weighted by Crippen LogP contribution is 2.22. The van der Waals surface area contributed by atoms with Crippen LogP contribution in [0, 0.1) is 13.8 Å². The van der Waals surface area contributed by atoms with Crippen molar-refractivity contribution in [2.75, 3.05) is 39.3 Å². The van der Waals surface area contributed by atoms with E-state index in [0.717, 1.165) is 57.0 Å². The van der Waals surface area contributed by atoms with Gasteiger partial charge in [-0.1, -0.05) is 0 Å². The normalized spacial score (nSPS) is 21.5. The van der Waals surface area contributed by atoms with Gasteiger partial charge in [-0.15, -0.1) is 0 Å². The van der Waals surface area contributed by atoms with Crippen molar-refractivity contribution >= 4 is 11.9 Å². The van der Waals surface area contributed by atoms with E-state index >= 15 is 0 Å². The summed E-state index contributed by atoms with van der Waals surface area (Å²) in [5.74, 6) is -0.0485. The third-order valence-corrected chi connectivity index (χ3v) is 5.54. The Bertz CT molecular complexity index is 687. The van der Waals surface area contributed by atoms with Crippen LogP contribution in [-0.2, 0) is 27.4 Å². The summed E-state index contributed by atoms with van der Waals surface area (Å²) < 4.78 is 6.78. The zero-order valence-corrected chi connectivity index (χ0v) is 16.7. The van der Waals surface area contributed by atoms with E-state index in [1.807, 2.05) is 18.7 Å². The molecule has 2 fully saturated rings. The number of rotatable bonds is 6. The fourth-order valence-electron chi connectivity index (χ4n) is 4.11. The van der Waals surface area contributed by atoms with Crippen LogP contribution in [0.15, 0.2) is 0 Å². The van der Waals surface area contributed by atoms with Crippen LogP contribution in [0.1, 0.15) is 36.7 Å². The van der Waals surface area contributed by atoms with Gasteiger partial charge in [0.15, 0.2) is 0 Å². The maximum absolute atomic E-state index is 12.2. The topological polar surface area (TPSA) is 79.7 Å². The van der Waals surface area contributed by atoms with Gasteiger partial charge in [0.2, 0.25) is 5.91 Å². The molecule has 2 aliphatic rings. The largest absolute Gasteiger partial charge is 0.465 e. The molecular formula is C19H31N5O3. The predicted molar refractivity (Wildman–Crippen MR) is 101 cm³/mol. The van der Waals surface area contributed by atoms with E-state index in [1.54, 1.807) is 11.6 Å². The van der Waals surface area contributed by atoms with Gasteiger partial charge in [0.25, 0.3) is 0 Å². The van der Waals surface area contributed by atoms with E-state index in [-0.39, 0.29) is 18.4 Å². The number of hydrogen-bond donors (Lipinski definition) is 1. The molecule has 1 N–H and O–H groups in total. The molecule has 2 aliphatic heterocycles. The van der Waals surface area contributed by atoms with Crippen LogP contribution >= 0.6 is 0 Å². The molecule has 27 heavy (non-hydrogen) atoms. The Morgan fingerprint density at radius 1 is 1.33 bits per heavy atom. The van der Waals surface area contributed by atoms with Gasteiger partial charge in [-0.2, -0.15) is 5.10 Å². The van der Waals surface area contributed by atoms with E-state index < -0.39 is 0 Å². The second kappa shape index (κ2) is 8.84. The number of nitrogens with one attached hydrogen (secondary N) is 1. The first-order chi connectivity index (χ1) is 13.0. The Labute approximate surface area is 160 Å². The zero-order chi connectivity index (χ0) is 19.4. The third-order valence-electron chi connectivity index (χ3n) is 5.54. The summed E-state index contributed by atoms with van der Waals surface area (Å²) in [6.45, 7) is 11.2. The van der Waals surface area contributed by atoms with Crippen LogP contribution in [0.2, 0.25) is 0 Å². The average Bonchev–Trinajstić information content (AvgIpc) is 2.90. The highest BCUT2D eigenvalue weighted by Gasteiger charge is 2.30. The van der Waals surface area contributed by atoms with E-state index in [2.05, 4.69) is 15.3 Å². The molecule has 0 aliphatic carbocycles. The first-order valence-corrected chi connectivity index (χ1v) is 9.90. The Morgan fingerprint density at radius 3 is 2.89 bits per heavy atom. The highest BCUT2D eigenvalue weighted by molar-refractivity contribution is 5.79. The minimum absolute atomic E-state index is 0.151. The van der Waals surface area contributed by atoms with Gasteiger partial charge in [-0.05, 0) is 40.2 Å². The number of piperidine rings is 1. The molecule has 0 spiro atoms. The van der Waals surface area contributed by atoms with E-state index in [4.69, 9.17) is 4.74 Å². The lowest BCUT2D eigenvalue weighted by Crippen LogP contribution is -2.56. The molecule has 8 heteroatoms. The number of nitrogens with zero attached hydrogens (tertiary/aromatic N) is 4. The number of piperazine rings is 1. The Morgan fingerprint density at radius 2 is 2.15 bits per heavy atom. The number of likely N-dealkylation sites (tertiary alicyclic amines) is 1. The molecule has 0 aromatic carbocycles. The number of ether oxygens (including phenoxy) is 1. The van der Waals surface area contributed by atoms with Gasteiger partial charge in [-0.3, -0.25) is 19.2 Å². The minimum Gasteiger partial charge on any atom is -0.465 e. The number of carbonyl (C=O) groups is 2. The molecule has 2 saturated heterocycles. The van der Waals surface area contributed by atoms with Gasteiger partial charge in [0.05, 0.1) is 18.8 Å². The van der Waals surface area contributed by atoms with Crippen molar-refractivity contribution < 1.29 is 14.3 Å². The molecule has 1 atom stereocenters. The molecule has 1 amide bonds. The number of aryl methyl sites for hydroxylation is 1. The first kappa shape index (κ1) is 19.8. The van der Waals surface area contributed by atoms with Crippen LogP contribution < -0.4 is 5.32 Å². The summed E-state index contributed by atoms with van der Waals surface area (Å²) in [7, 11) is 0. The van der Waals surface area contributed by atoms with Crippen molar-refractivity contribution in [1.82, 2.24) is 24.9 Å².